The lowest BCUT2D eigenvalue weighted by Gasteiger charge is -2.45. The van der Waals surface area contributed by atoms with E-state index in [0.717, 1.165) is 12.5 Å². The number of piperidine rings is 1. The third kappa shape index (κ3) is 2.44. The van der Waals surface area contributed by atoms with Gasteiger partial charge in [-0.25, -0.2) is 0 Å². The van der Waals surface area contributed by atoms with Gasteiger partial charge in [0, 0.05) is 24.5 Å². The van der Waals surface area contributed by atoms with Gasteiger partial charge in [-0.1, -0.05) is 12.8 Å². The number of rotatable bonds is 2. The molecule has 0 radical (unpaired) electrons. The maximum absolute atomic E-state index is 7.52. The molecule has 19 heavy (non-hydrogen) atoms. The van der Waals surface area contributed by atoms with Crippen molar-refractivity contribution < 1.29 is 0 Å². The Morgan fingerprint density at radius 1 is 1.26 bits per heavy atom. The number of anilines is 1. The highest BCUT2D eigenvalue weighted by Crippen LogP contribution is 2.37. The topological polar surface area (TPSA) is 66.0 Å². The fourth-order valence-corrected chi connectivity index (χ4v) is 3.69. The molecular weight excluding hydrogens is 236 g/mol. The van der Waals surface area contributed by atoms with E-state index in [0.29, 0.717) is 11.7 Å². The average Bonchev–Trinajstić information content (AvgIpc) is 2.47. The van der Waals surface area contributed by atoms with Crippen molar-refractivity contribution in [3.63, 3.8) is 0 Å². The molecule has 3 N–H and O–H groups in total. The lowest BCUT2D eigenvalue weighted by atomic mass is 9.78. The number of nitrogens with one attached hydrogen (secondary N) is 1. The molecule has 2 heterocycles. The van der Waals surface area contributed by atoms with Crippen molar-refractivity contribution in [2.45, 2.75) is 44.6 Å². The summed E-state index contributed by atoms with van der Waals surface area (Å²) in [6, 6.07) is 4.72. The lowest BCUT2D eigenvalue weighted by Crippen LogP contribution is -2.47. The number of nitrogens with zero attached hydrogens (tertiary/aromatic N) is 2. The van der Waals surface area contributed by atoms with E-state index >= 15 is 0 Å². The number of hydrogen-bond acceptors (Lipinski definition) is 3. The van der Waals surface area contributed by atoms with E-state index in [1.165, 1.54) is 44.2 Å². The molecule has 0 bridgehead atoms. The van der Waals surface area contributed by atoms with Crippen LogP contribution in [0.5, 0.6) is 0 Å². The molecule has 1 saturated carbocycles. The predicted molar refractivity (Wildman–Crippen MR) is 77.6 cm³/mol. The summed E-state index contributed by atoms with van der Waals surface area (Å²) in [6.07, 6.45) is 9.86. The van der Waals surface area contributed by atoms with Gasteiger partial charge in [0.1, 0.15) is 11.5 Å². The quantitative estimate of drug-likeness (QED) is 0.633. The summed E-state index contributed by atoms with van der Waals surface area (Å²) >= 11 is 0. The first kappa shape index (κ1) is 12.5. The number of amidine groups is 1. The van der Waals surface area contributed by atoms with Crippen molar-refractivity contribution in [1.82, 2.24) is 4.98 Å². The van der Waals surface area contributed by atoms with Crippen LogP contribution in [0.15, 0.2) is 18.3 Å². The zero-order chi connectivity index (χ0) is 13.2. The second-order valence-electron chi connectivity index (χ2n) is 5.76. The van der Waals surface area contributed by atoms with Crippen molar-refractivity contribution in [1.29, 1.82) is 5.41 Å². The fraction of sp³-hybridized carbons (Fsp3) is 0.600. The van der Waals surface area contributed by atoms with Crippen molar-refractivity contribution in [3.05, 3.63) is 24.0 Å². The Labute approximate surface area is 114 Å². The van der Waals surface area contributed by atoms with Crippen LogP contribution in [0.25, 0.3) is 0 Å². The van der Waals surface area contributed by atoms with Gasteiger partial charge in [0.15, 0.2) is 0 Å². The molecule has 2 fully saturated rings. The van der Waals surface area contributed by atoms with Crippen LogP contribution in [-0.2, 0) is 0 Å². The Bertz CT molecular complexity index is 469. The minimum Gasteiger partial charge on any atom is -0.382 e. The number of nitrogens with two attached hydrogens (primary N) is 1. The molecule has 1 aliphatic carbocycles. The summed E-state index contributed by atoms with van der Waals surface area (Å²) in [6.45, 7) is 1.13. The SMILES string of the molecule is N=C(N)c1cc(N2CCCC3CCCCC32)ccn1. The number of aromatic nitrogens is 1. The molecule has 3 rings (SSSR count). The molecule has 1 saturated heterocycles. The first-order valence-electron chi connectivity index (χ1n) is 7.33. The standard InChI is InChI=1S/C15H22N4/c16-15(17)13-10-12(7-8-18-13)19-9-3-5-11-4-1-2-6-14(11)19/h7-8,10-11,14H,1-6,9H2,(H3,16,17). The minimum absolute atomic E-state index is 0.0547. The maximum Gasteiger partial charge on any atom is 0.141 e. The zero-order valence-corrected chi connectivity index (χ0v) is 11.3. The molecule has 2 atom stereocenters. The summed E-state index contributed by atoms with van der Waals surface area (Å²) < 4.78 is 0. The van der Waals surface area contributed by atoms with Crippen molar-refractivity contribution in [3.8, 4) is 0 Å². The van der Waals surface area contributed by atoms with Crippen LogP contribution in [0.2, 0.25) is 0 Å². The van der Waals surface area contributed by atoms with E-state index < -0.39 is 0 Å². The summed E-state index contributed by atoms with van der Waals surface area (Å²) in [7, 11) is 0. The van der Waals surface area contributed by atoms with Crippen molar-refractivity contribution >= 4 is 11.5 Å². The van der Waals surface area contributed by atoms with E-state index in [9.17, 15) is 0 Å². The largest absolute Gasteiger partial charge is 0.382 e. The third-order valence-electron chi connectivity index (χ3n) is 4.59. The highest BCUT2D eigenvalue weighted by atomic mass is 15.2. The number of fused-ring (bicyclic) bond motifs is 1. The van der Waals surface area contributed by atoms with Gasteiger partial charge < -0.3 is 10.6 Å². The Morgan fingerprint density at radius 2 is 2.05 bits per heavy atom. The van der Waals surface area contributed by atoms with Gasteiger partial charge in [0.25, 0.3) is 0 Å². The summed E-state index contributed by atoms with van der Waals surface area (Å²) in [5, 5.41) is 7.52. The van der Waals surface area contributed by atoms with Crippen molar-refractivity contribution in [2.75, 3.05) is 11.4 Å². The number of pyridine rings is 1. The van der Waals surface area contributed by atoms with Gasteiger partial charge in [-0.2, -0.15) is 0 Å². The predicted octanol–water partition coefficient (Wildman–Crippen LogP) is 2.52. The van der Waals surface area contributed by atoms with E-state index in [2.05, 4.69) is 16.0 Å². The average molecular weight is 258 g/mol. The number of hydrogen-bond donors (Lipinski definition) is 2. The monoisotopic (exact) mass is 258 g/mol. The molecule has 1 aromatic rings. The maximum atomic E-state index is 7.52. The van der Waals surface area contributed by atoms with Gasteiger partial charge in [-0.05, 0) is 43.7 Å². The van der Waals surface area contributed by atoms with Gasteiger partial charge in [-0.3, -0.25) is 10.4 Å². The minimum atomic E-state index is 0.0547. The molecule has 4 nitrogen and oxygen atoms in total. The second kappa shape index (κ2) is 5.19. The Kier molecular flexibility index (Phi) is 3.40. The molecule has 0 amide bonds. The fourth-order valence-electron chi connectivity index (χ4n) is 3.69. The van der Waals surface area contributed by atoms with Crippen LogP contribution in [0, 0.1) is 11.3 Å². The van der Waals surface area contributed by atoms with Crippen LogP contribution in [-0.4, -0.2) is 23.4 Å². The van der Waals surface area contributed by atoms with E-state index in [1.807, 2.05) is 6.07 Å². The Balaban J connectivity index is 1.87. The molecular formula is C15H22N4. The molecule has 0 spiro atoms. The van der Waals surface area contributed by atoms with Crippen molar-refractivity contribution in [2.24, 2.45) is 11.7 Å². The first-order valence-corrected chi connectivity index (χ1v) is 7.33. The van der Waals surface area contributed by atoms with E-state index in [4.69, 9.17) is 11.1 Å². The summed E-state index contributed by atoms with van der Waals surface area (Å²) in [5.41, 5.74) is 7.33. The molecule has 1 aromatic heterocycles. The zero-order valence-electron chi connectivity index (χ0n) is 11.3. The van der Waals surface area contributed by atoms with Gasteiger partial charge in [0.2, 0.25) is 0 Å². The molecule has 2 aliphatic rings. The molecule has 0 aromatic carbocycles. The highest BCUT2D eigenvalue weighted by Gasteiger charge is 2.33. The number of nitrogen functional groups attached to an aromatic ring is 1. The van der Waals surface area contributed by atoms with Crippen LogP contribution < -0.4 is 10.6 Å². The summed E-state index contributed by atoms with van der Waals surface area (Å²) in [5.74, 6) is 0.912. The Morgan fingerprint density at radius 3 is 2.89 bits per heavy atom. The van der Waals surface area contributed by atoms with E-state index in [1.54, 1.807) is 6.20 Å². The third-order valence-corrected chi connectivity index (χ3v) is 4.59. The normalized spacial score (nSPS) is 26.8. The van der Waals surface area contributed by atoms with Crippen LogP contribution in [0.1, 0.15) is 44.2 Å². The lowest BCUT2D eigenvalue weighted by molar-refractivity contribution is 0.244. The second-order valence-corrected chi connectivity index (χ2v) is 5.76. The van der Waals surface area contributed by atoms with Gasteiger partial charge >= 0.3 is 0 Å². The molecule has 102 valence electrons. The Hall–Kier alpha value is -1.58. The van der Waals surface area contributed by atoms with Gasteiger partial charge in [0.05, 0.1) is 0 Å². The van der Waals surface area contributed by atoms with Crippen LogP contribution in [0.3, 0.4) is 0 Å². The summed E-state index contributed by atoms with van der Waals surface area (Å²) in [4.78, 5) is 6.69. The van der Waals surface area contributed by atoms with Crippen LogP contribution in [0.4, 0.5) is 5.69 Å². The highest BCUT2D eigenvalue weighted by molar-refractivity contribution is 5.93. The smallest absolute Gasteiger partial charge is 0.141 e. The first-order chi connectivity index (χ1) is 9.25. The molecule has 1 aliphatic heterocycles. The van der Waals surface area contributed by atoms with Gasteiger partial charge in [-0.15, -0.1) is 0 Å². The molecule has 4 heteroatoms. The molecule has 2 unspecified atom stereocenters. The van der Waals surface area contributed by atoms with E-state index in [-0.39, 0.29) is 5.84 Å². The van der Waals surface area contributed by atoms with Crippen LogP contribution >= 0.6 is 0 Å².